The number of phenolic OH excluding ortho intramolecular Hbond substituents is 1. The third kappa shape index (κ3) is 10.8. The van der Waals surface area contributed by atoms with Crippen molar-refractivity contribution < 1.29 is 44.1 Å². The Morgan fingerprint density at radius 3 is 1.92 bits per heavy atom. The molecule has 4 atom stereocenters. The summed E-state index contributed by atoms with van der Waals surface area (Å²) in [6.45, 7) is 1.21. The van der Waals surface area contributed by atoms with Gasteiger partial charge in [-0.3, -0.25) is 28.8 Å². The molecule has 4 unspecified atom stereocenters. The summed E-state index contributed by atoms with van der Waals surface area (Å²) in [7, 11) is 0. The lowest BCUT2D eigenvalue weighted by molar-refractivity contribution is -0.142. The number of aliphatic carboxylic acids is 2. The molecule has 14 heteroatoms. The van der Waals surface area contributed by atoms with Crippen molar-refractivity contribution in [2.75, 3.05) is 0 Å². The largest absolute Gasteiger partial charge is 0.508 e. The van der Waals surface area contributed by atoms with Crippen LogP contribution in [0.2, 0.25) is 0 Å². The Morgan fingerprint density at radius 2 is 1.39 bits per heavy atom. The Bertz CT molecular complexity index is 967. The lowest BCUT2D eigenvalue weighted by Crippen LogP contribution is -2.57. The third-order valence-corrected chi connectivity index (χ3v) is 5.06. The van der Waals surface area contributed by atoms with Crippen molar-refractivity contribution in [2.45, 2.75) is 63.2 Å². The molecule has 0 radical (unpaired) electrons. The first-order valence-corrected chi connectivity index (χ1v) is 11.0. The average molecular weight is 510 g/mol. The standard InChI is InChI=1S/C22H31N5O9/c1-11(22(35)36)25-20(33)15(7-8-17(24)29)26-21(34)16(10-12-2-4-13(28)5-3-12)27-19(32)14(23)6-9-18(30)31/h2-5,11,14-16,28H,6-10,23H2,1H3,(H2,24,29)(H,25,33)(H,26,34)(H,27,32)(H,30,31)(H,35,36). The summed E-state index contributed by atoms with van der Waals surface area (Å²) < 4.78 is 0. The molecule has 36 heavy (non-hydrogen) atoms. The van der Waals surface area contributed by atoms with Crippen LogP contribution in [-0.4, -0.2) is 75.1 Å². The van der Waals surface area contributed by atoms with Gasteiger partial charge in [-0.05, 0) is 37.5 Å². The summed E-state index contributed by atoms with van der Waals surface area (Å²) in [5.41, 5.74) is 11.4. The second-order valence-electron chi connectivity index (χ2n) is 8.11. The van der Waals surface area contributed by atoms with Gasteiger partial charge in [-0.1, -0.05) is 12.1 Å². The molecule has 10 N–H and O–H groups in total. The number of nitrogens with one attached hydrogen (secondary N) is 3. The number of carboxylic acid groups (broad SMARTS) is 2. The van der Waals surface area contributed by atoms with E-state index in [2.05, 4.69) is 16.0 Å². The van der Waals surface area contributed by atoms with Crippen LogP contribution >= 0.6 is 0 Å². The fraction of sp³-hybridized carbons (Fsp3) is 0.455. The highest BCUT2D eigenvalue weighted by Crippen LogP contribution is 2.12. The van der Waals surface area contributed by atoms with E-state index in [4.69, 9.17) is 21.7 Å². The van der Waals surface area contributed by atoms with Crippen molar-refractivity contribution in [3.8, 4) is 5.75 Å². The van der Waals surface area contributed by atoms with Crippen LogP contribution in [0, 0.1) is 0 Å². The van der Waals surface area contributed by atoms with E-state index >= 15 is 0 Å². The molecule has 198 valence electrons. The maximum absolute atomic E-state index is 13.1. The van der Waals surface area contributed by atoms with Gasteiger partial charge in [0.25, 0.3) is 0 Å². The first-order chi connectivity index (χ1) is 16.8. The molecule has 0 saturated carbocycles. The van der Waals surface area contributed by atoms with Crippen molar-refractivity contribution in [1.29, 1.82) is 0 Å². The molecule has 0 heterocycles. The zero-order valence-corrected chi connectivity index (χ0v) is 19.6. The Kier molecular flexibility index (Phi) is 11.8. The predicted molar refractivity (Wildman–Crippen MR) is 124 cm³/mol. The number of carbonyl (C=O) groups excluding carboxylic acids is 4. The summed E-state index contributed by atoms with van der Waals surface area (Å²) in [6, 6.07) is 0.551. The number of carboxylic acids is 2. The van der Waals surface area contributed by atoms with Gasteiger partial charge in [-0.25, -0.2) is 0 Å². The molecule has 0 bridgehead atoms. The molecule has 0 aliphatic carbocycles. The van der Waals surface area contributed by atoms with Crippen LogP contribution in [0.15, 0.2) is 24.3 Å². The SMILES string of the molecule is CC(NC(=O)C(CCC(N)=O)NC(=O)C(Cc1ccc(O)cc1)NC(=O)C(N)CCC(=O)O)C(=O)O. The van der Waals surface area contributed by atoms with E-state index in [9.17, 15) is 33.9 Å². The molecule has 0 aliphatic heterocycles. The lowest BCUT2D eigenvalue weighted by atomic mass is 10.0. The molecule has 1 aromatic carbocycles. The van der Waals surface area contributed by atoms with Crippen LogP contribution in [0.4, 0.5) is 0 Å². The van der Waals surface area contributed by atoms with Crippen molar-refractivity contribution in [2.24, 2.45) is 11.5 Å². The summed E-state index contributed by atoms with van der Waals surface area (Å²) in [6.07, 6.45) is -1.20. The Labute approximate surface area is 206 Å². The number of benzene rings is 1. The number of phenols is 1. The van der Waals surface area contributed by atoms with Crippen LogP contribution in [0.1, 0.15) is 38.2 Å². The first-order valence-electron chi connectivity index (χ1n) is 11.0. The summed E-state index contributed by atoms with van der Waals surface area (Å²) in [5, 5.41) is 34.3. The summed E-state index contributed by atoms with van der Waals surface area (Å²) >= 11 is 0. The van der Waals surface area contributed by atoms with Gasteiger partial charge in [0.15, 0.2) is 0 Å². The second kappa shape index (κ2) is 14.3. The van der Waals surface area contributed by atoms with Gasteiger partial charge in [0.2, 0.25) is 23.6 Å². The maximum atomic E-state index is 13.1. The number of hydrogen-bond acceptors (Lipinski definition) is 8. The highest BCUT2D eigenvalue weighted by Gasteiger charge is 2.30. The van der Waals surface area contributed by atoms with E-state index in [1.165, 1.54) is 31.2 Å². The minimum absolute atomic E-state index is 0.0322. The molecule has 0 saturated heterocycles. The Hall–Kier alpha value is -4.20. The van der Waals surface area contributed by atoms with E-state index in [1.54, 1.807) is 0 Å². The molecule has 0 spiro atoms. The van der Waals surface area contributed by atoms with E-state index in [-0.39, 0.29) is 37.9 Å². The molecular weight excluding hydrogens is 478 g/mol. The first kappa shape index (κ1) is 29.8. The Balaban J connectivity index is 3.10. The topological polar surface area (TPSA) is 251 Å². The van der Waals surface area contributed by atoms with Gasteiger partial charge in [-0.15, -0.1) is 0 Å². The maximum Gasteiger partial charge on any atom is 0.325 e. The predicted octanol–water partition coefficient (Wildman–Crippen LogP) is -2.05. The van der Waals surface area contributed by atoms with Crippen molar-refractivity contribution >= 4 is 35.6 Å². The number of carbonyl (C=O) groups is 6. The summed E-state index contributed by atoms with van der Waals surface area (Å²) in [4.78, 5) is 71.2. The minimum Gasteiger partial charge on any atom is -0.508 e. The lowest BCUT2D eigenvalue weighted by Gasteiger charge is -2.24. The number of hydrogen-bond donors (Lipinski definition) is 8. The van der Waals surface area contributed by atoms with Crippen LogP contribution < -0.4 is 27.4 Å². The zero-order chi connectivity index (χ0) is 27.4. The van der Waals surface area contributed by atoms with E-state index in [0.717, 1.165) is 0 Å². The van der Waals surface area contributed by atoms with Gasteiger partial charge < -0.3 is 42.7 Å². The molecule has 0 aliphatic rings. The average Bonchev–Trinajstić information content (AvgIpc) is 2.80. The van der Waals surface area contributed by atoms with E-state index < -0.39 is 59.7 Å². The van der Waals surface area contributed by atoms with Gasteiger partial charge >= 0.3 is 11.9 Å². The van der Waals surface area contributed by atoms with Crippen LogP contribution in [-0.2, 0) is 35.2 Å². The molecular formula is C22H31N5O9. The third-order valence-electron chi connectivity index (χ3n) is 5.06. The van der Waals surface area contributed by atoms with Crippen LogP contribution in [0.3, 0.4) is 0 Å². The fourth-order valence-corrected chi connectivity index (χ4v) is 2.97. The normalized spacial score (nSPS) is 13.9. The number of amides is 4. The monoisotopic (exact) mass is 509 g/mol. The fourth-order valence-electron chi connectivity index (χ4n) is 2.97. The highest BCUT2D eigenvalue weighted by atomic mass is 16.4. The van der Waals surface area contributed by atoms with Crippen molar-refractivity contribution in [3.63, 3.8) is 0 Å². The van der Waals surface area contributed by atoms with E-state index in [1.807, 2.05) is 0 Å². The number of rotatable bonds is 15. The van der Waals surface area contributed by atoms with Gasteiger partial charge in [0.05, 0.1) is 6.04 Å². The van der Waals surface area contributed by atoms with E-state index in [0.29, 0.717) is 5.56 Å². The number of nitrogens with two attached hydrogens (primary N) is 2. The molecule has 0 aromatic heterocycles. The molecule has 14 nitrogen and oxygen atoms in total. The molecule has 4 amide bonds. The molecule has 1 rings (SSSR count). The number of primary amides is 1. The van der Waals surface area contributed by atoms with Gasteiger partial charge in [-0.2, -0.15) is 0 Å². The smallest absolute Gasteiger partial charge is 0.325 e. The van der Waals surface area contributed by atoms with Gasteiger partial charge in [0.1, 0.15) is 23.9 Å². The van der Waals surface area contributed by atoms with Crippen molar-refractivity contribution in [3.05, 3.63) is 29.8 Å². The quantitative estimate of drug-likeness (QED) is 0.128. The van der Waals surface area contributed by atoms with Gasteiger partial charge in [0, 0.05) is 19.3 Å². The molecule has 1 aromatic rings. The van der Waals surface area contributed by atoms with Crippen LogP contribution in [0.25, 0.3) is 0 Å². The second-order valence-corrected chi connectivity index (χ2v) is 8.11. The van der Waals surface area contributed by atoms with Crippen molar-refractivity contribution in [1.82, 2.24) is 16.0 Å². The Morgan fingerprint density at radius 1 is 0.833 bits per heavy atom. The van der Waals surface area contributed by atoms with Crippen LogP contribution in [0.5, 0.6) is 5.75 Å². The number of aromatic hydroxyl groups is 1. The highest BCUT2D eigenvalue weighted by molar-refractivity contribution is 5.94. The minimum atomic E-state index is -1.35. The zero-order valence-electron chi connectivity index (χ0n) is 19.6. The summed E-state index contributed by atoms with van der Waals surface area (Å²) in [5.74, 6) is -5.82. The molecule has 0 fully saturated rings.